The third kappa shape index (κ3) is 4.49. The van der Waals surface area contributed by atoms with Gasteiger partial charge in [-0.1, -0.05) is 0 Å². The Morgan fingerprint density at radius 3 is 2.37 bits per heavy atom. The standard InChI is InChI=1S/C11H23N7O/c1-5-18(6-2)11-15-9(13-7-8(3)19-4)14-10(16-11)17-12/h8H,5-7,12H2,1-4H3,(H2,13,14,15,16,17). The van der Waals surface area contributed by atoms with Crippen LogP contribution in [0.4, 0.5) is 17.8 Å². The molecule has 1 unspecified atom stereocenters. The molecule has 8 nitrogen and oxygen atoms in total. The summed E-state index contributed by atoms with van der Waals surface area (Å²) in [6.45, 7) is 8.30. The SMILES string of the molecule is CCN(CC)c1nc(NN)nc(NCC(C)OC)n1. The lowest BCUT2D eigenvalue weighted by Gasteiger charge is -2.19. The first-order chi connectivity index (χ1) is 9.14. The molecule has 1 aromatic heterocycles. The van der Waals surface area contributed by atoms with Crippen LogP contribution in [0.2, 0.25) is 0 Å². The van der Waals surface area contributed by atoms with Gasteiger partial charge < -0.3 is 15.0 Å². The Hall–Kier alpha value is -1.67. The number of rotatable bonds is 8. The Morgan fingerprint density at radius 1 is 1.21 bits per heavy atom. The van der Waals surface area contributed by atoms with Gasteiger partial charge in [0.2, 0.25) is 17.8 Å². The normalized spacial score (nSPS) is 12.1. The van der Waals surface area contributed by atoms with Gasteiger partial charge in [0.15, 0.2) is 0 Å². The van der Waals surface area contributed by atoms with Gasteiger partial charge >= 0.3 is 0 Å². The van der Waals surface area contributed by atoms with Crippen LogP contribution < -0.4 is 21.5 Å². The third-order valence-corrected chi connectivity index (χ3v) is 2.75. The Labute approximate surface area is 113 Å². The lowest BCUT2D eigenvalue weighted by Crippen LogP contribution is -2.27. The fourth-order valence-electron chi connectivity index (χ4n) is 1.47. The van der Waals surface area contributed by atoms with E-state index in [2.05, 4.69) is 25.7 Å². The molecule has 0 aliphatic carbocycles. The van der Waals surface area contributed by atoms with Crippen molar-refractivity contribution in [3.8, 4) is 0 Å². The molecule has 1 atom stereocenters. The van der Waals surface area contributed by atoms with Gasteiger partial charge in [-0.15, -0.1) is 0 Å². The highest BCUT2D eigenvalue weighted by Gasteiger charge is 2.11. The van der Waals surface area contributed by atoms with Crippen molar-refractivity contribution >= 4 is 17.8 Å². The predicted molar refractivity (Wildman–Crippen MR) is 76.2 cm³/mol. The van der Waals surface area contributed by atoms with E-state index in [-0.39, 0.29) is 6.10 Å². The van der Waals surface area contributed by atoms with Crippen LogP contribution in [0.25, 0.3) is 0 Å². The van der Waals surface area contributed by atoms with Crippen LogP contribution in [-0.4, -0.2) is 47.8 Å². The Balaban J connectivity index is 2.88. The summed E-state index contributed by atoms with van der Waals surface area (Å²) in [5, 5.41) is 3.10. The van der Waals surface area contributed by atoms with Gasteiger partial charge in [0.05, 0.1) is 6.10 Å². The zero-order chi connectivity index (χ0) is 14.3. The van der Waals surface area contributed by atoms with E-state index < -0.39 is 0 Å². The van der Waals surface area contributed by atoms with E-state index in [0.29, 0.717) is 24.4 Å². The number of nitrogen functional groups attached to an aromatic ring is 1. The molecule has 1 aromatic rings. The maximum absolute atomic E-state index is 5.38. The largest absolute Gasteiger partial charge is 0.380 e. The van der Waals surface area contributed by atoms with Crippen LogP contribution >= 0.6 is 0 Å². The van der Waals surface area contributed by atoms with Gasteiger partial charge in [-0.25, -0.2) is 5.84 Å². The average Bonchev–Trinajstić information content (AvgIpc) is 2.45. The number of methoxy groups -OCH3 is 1. The molecule has 0 amide bonds. The second kappa shape index (κ2) is 7.70. The molecule has 1 rings (SSSR count). The van der Waals surface area contributed by atoms with Gasteiger partial charge in [-0.05, 0) is 20.8 Å². The highest BCUT2D eigenvalue weighted by molar-refractivity contribution is 5.43. The minimum Gasteiger partial charge on any atom is -0.380 e. The highest BCUT2D eigenvalue weighted by Crippen LogP contribution is 2.12. The van der Waals surface area contributed by atoms with E-state index in [1.807, 2.05) is 25.7 Å². The first-order valence-corrected chi connectivity index (χ1v) is 6.38. The fraction of sp³-hybridized carbons (Fsp3) is 0.727. The maximum atomic E-state index is 5.38. The van der Waals surface area contributed by atoms with E-state index in [9.17, 15) is 0 Å². The topological polar surface area (TPSA) is 101 Å². The summed E-state index contributed by atoms with van der Waals surface area (Å²) in [7, 11) is 1.66. The van der Waals surface area contributed by atoms with Gasteiger partial charge in [0.25, 0.3) is 0 Å². The molecule has 0 saturated carbocycles. The molecule has 0 fully saturated rings. The number of aromatic nitrogens is 3. The summed E-state index contributed by atoms with van der Waals surface area (Å²) < 4.78 is 5.16. The van der Waals surface area contributed by atoms with Crippen LogP contribution in [0.3, 0.4) is 0 Å². The Morgan fingerprint density at radius 2 is 1.84 bits per heavy atom. The number of hydrogen-bond donors (Lipinski definition) is 3. The summed E-state index contributed by atoms with van der Waals surface area (Å²) in [6, 6.07) is 0. The third-order valence-electron chi connectivity index (χ3n) is 2.75. The molecule has 0 aliphatic heterocycles. The summed E-state index contributed by atoms with van der Waals surface area (Å²) in [5.74, 6) is 6.79. The molecule has 1 heterocycles. The van der Waals surface area contributed by atoms with Gasteiger partial charge in [0, 0.05) is 26.7 Å². The molecule has 0 spiro atoms. The number of hydrazine groups is 1. The van der Waals surface area contributed by atoms with Crippen molar-refractivity contribution in [2.24, 2.45) is 5.84 Å². The molecule has 19 heavy (non-hydrogen) atoms. The molecule has 8 heteroatoms. The zero-order valence-electron chi connectivity index (χ0n) is 12.0. The van der Waals surface area contributed by atoms with Crippen molar-refractivity contribution in [2.75, 3.05) is 42.4 Å². The molecule has 0 saturated heterocycles. The van der Waals surface area contributed by atoms with E-state index in [1.54, 1.807) is 7.11 Å². The Bertz CT molecular complexity index is 383. The molecule has 4 N–H and O–H groups in total. The van der Waals surface area contributed by atoms with Gasteiger partial charge in [0.1, 0.15) is 0 Å². The number of anilines is 3. The number of hydrogen-bond acceptors (Lipinski definition) is 8. The fourth-order valence-corrected chi connectivity index (χ4v) is 1.47. The first-order valence-electron chi connectivity index (χ1n) is 6.38. The van der Waals surface area contributed by atoms with E-state index in [1.165, 1.54) is 0 Å². The zero-order valence-corrected chi connectivity index (χ0v) is 12.0. The Kier molecular flexibility index (Phi) is 6.23. The lowest BCUT2D eigenvalue weighted by molar-refractivity contribution is 0.128. The molecule has 0 radical (unpaired) electrons. The summed E-state index contributed by atoms with van der Waals surface area (Å²) in [6.07, 6.45) is 0.0722. The molecule has 0 aliphatic rings. The lowest BCUT2D eigenvalue weighted by atomic mass is 10.4. The molecular weight excluding hydrogens is 246 g/mol. The number of nitrogens with zero attached hydrogens (tertiary/aromatic N) is 4. The van der Waals surface area contributed by atoms with Crippen LogP contribution in [0.5, 0.6) is 0 Å². The predicted octanol–water partition coefficient (Wildman–Crippen LogP) is 0.450. The highest BCUT2D eigenvalue weighted by atomic mass is 16.5. The van der Waals surface area contributed by atoms with E-state index in [0.717, 1.165) is 13.1 Å². The monoisotopic (exact) mass is 269 g/mol. The van der Waals surface area contributed by atoms with Crippen molar-refractivity contribution in [1.29, 1.82) is 0 Å². The quantitative estimate of drug-likeness (QED) is 0.462. The van der Waals surface area contributed by atoms with Crippen LogP contribution in [0, 0.1) is 0 Å². The van der Waals surface area contributed by atoms with Crippen molar-refractivity contribution in [3.63, 3.8) is 0 Å². The number of nitrogens with two attached hydrogens (primary N) is 1. The average molecular weight is 269 g/mol. The van der Waals surface area contributed by atoms with Gasteiger partial charge in [-0.2, -0.15) is 15.0 Å². The van der Waals surface area contributed by atoms with Crippen LogP contribution in [0.15, 0.2) is 0 Å². The van der Waals surface area contributed by atoms with Crippen molar-refractivity contribution in [3.05, 3.63) is 0 Å². The van der Waals surface area contributed by atoms with Crippen molar-refractivity contribution in [2.45, 2.75) is 26.9 Å². The molecular formula is C11H23N7O. The van der Waals surface area contributed by atoms with Gasteiger partial charge in [-0.3, -0.25) is 5.43 Å². The minimum atomic E-state index is 0.0722. The second-order valence-corrected chi connectivity index (χ2v) is 4.03. The summed E-state index contributed by atoms with van der Waals surface area (Å²) in [4.78, 5) is 14.8. The maximum Gasteiger partial charge on any atom is 0.243 e. The van der Waals surface area contributed by atoms with Crippen molar-refractivity contribution < 1.29 is 4.74 Å². The summed E-state index contributed by atoms with van der Waals surface area (Å²) in [5.41, 5.74) is 2.45. The van der Waals surface area contributed by atoms with Crippen LogP contribution in [0.1, 0.15) is 20.8 Å². The number of nitrogens with one attached hydrogen (secondary N) is 2. The molecule has 0 bridgehead atoms. The van der Waals surface area contributed by atoms with E-state index in [4.69, 9.17) is 10.6 Å². The minimum absolute atomic E-state index is 0.0722. The number of ether oxygens (including phenoxy) is 1. The first kappa shape index (κ1) is 15.4. The van der Waals surface area contributed by atoms with E-state index >= 15 is 0 Å². The molecule has 0 aromatic carbocycles. The van der Waals surface area contributed by atoms with Crippen molar-refractivity contribution in [1.82, 2.24) is 15.0 Å². The smallest absolute Gasteiger partial charge is 0.243 e. The molecule has 108 valence electrons. The summed E-state index contributed by atoms with van der Waals surface area (Å²) >= 11 is 0. The second-order valence-electron chi connectivity index (χ2n) is 4.03. The van der Waals surface area contributed by atoms with Crippen LogP contribution in [-0.2, 0) is 4.74 Å².